The predicted molar refractivity (Wildman–Crippen MR) is 84.5 cm³/mol. The molecule has 2 heterocycles. The first-order valence-electron chi connectivity index (χ1n) is 6.82. The molecule has 2 aromatic rings. The number of hydrogen-bond donors (Lipinski definition) is 2. The van der Waals surface area contributed by atoms with Gasteiger partial charge in [-0.15, -0.1) is 0 Å². The second-order valence-electron chi connectivity index (χ2n) is 4.90. The lowest BCUT2D eigenvalue weighted by Gasteiger charge is -2.24. The number of carbonyl (C=O) groups excluding carboxylic acids is 3. The van der Waals surface area contributed by atoms with Crippen molar-refractivity contribution in [3.05, 3.63) is 40.9 Å². The van der Waals surface area contributed by atoms with Gasteiger partial charge in [-0.05, 0) is 11.6 Å². The van der Waals surface area contributed by atoms with Gasteiger partial charge in [0.2, 0.25) is 11.8 Å². The molecule has 0 aliphatic carbocycles. The van der Waals surface area contributed by atoms with Crippen molar-refractivity contribution in [2.24, 2.45) is 0 Å². The number of carbonyl (C=O) groups is 3. The highest BCUT2D eigenvalue weighted by molar-refractivity contribution is 7.17. The minimum absolute atomic E-state index is 0.0675. The second kappa shape index (κ2) is 6.17. The molecule has 0 bridgehead atoms. The molecule has 3 rings (SSSR count). The van der Waals surface area contributed by atoms with Crippen LogP contribution in [0.15, 0.2) is 30.5 Å². The van der Waals surface area contributed by atoms with Crippen LogP contribution in [0, 0.1) is 0 Å². The van der Waals surface area contributed by atoms with Crippen LogP contribution in [0.5, 0.6) is 0 Å². The zero-order chi connectivity index (χ0) is 16.4. The Morgan fingerprint density at radius 3 is 2.96 bits per heavy atom. The third-order valence-corrected chi connectivity index (χ3v) is 4.33. The number of hydrogen-bond acceptors (Lipinski definition) is 6. The quantitative estimate of drug-likeness (QED) is 0.838. The first-order valence-corrected chi connectivity index (χ1v) is 7.64. The maximum absolute atomic E-state index is 12.5. The Kier molecular flexibility index (Phi) is 4.07. The normalized spacial score (nSPS) is 16.2. The van der Waals surface area contributed by atoms with Gasteiger partial charge in [0, 0.05) is 12.1 Å². The minimum Gasteiger partial charge on any atom is -0.465 e. The van der Waals surface area contributed by atoms with E-state index in [0.29, 0.717) is 15.7 Å². The maximum atomic E-state index is 12.5. The molecule has 0 saturated carbocycles. The van der Waals surface area contributed by atoms with Gasteiger partial charge in [-0.2, -0.15) is 0 Å². The molecule has 7 nitrogen and oxygen atoms in total. The zero-order valence-corrected chi connectivity index (χ0v) is 13.0. The van der Waals surface area contributed by atoms with E-state index < -0.39 is 11.9 Å². The summed E-state index contributed by atoms with van der Waals surface area (Å²) in [5, 5.41) is 5.69. The Labute approximate surface area is 135 Å². The van der Waals surface area contributed by atoms with Crippen molar-refractivity contribution in [2.75, 3.05) is 17.7 Å². The molecular weight excluding hydrogens is 318 g/mol. The van der Waals surface area contributed by atoms with Gasteiger partial charge >= 0.3 is 5.97 Å². The fraction of sp³-hybridized carbons (Fsp3) is 0.200. The SMILES string of the molecule is COC(=O)c1cnc(NC(=O)C2CC(=O)Nc3ccccc32)s1. The fourth-order valence-electron chi connectivity index (χ4n) is 2.36. The van der Waals surface area contributed by atoms with Gasteiger partial charge in [-0.25, -0.2) is 9.78 Å². The van der Waals surface area contributed by atoms with E-state index in [4.69, 9.17) is 0 Å². The molecule has 1 unspecified atom stereocenters. The summed E-state index contributed by atoms with van der Waals surface area (Å²) in [6.07, 6.45) is 1.41. The van der Waals surface area contributed by atoms with Crippen molar-refractivity contribution < 1.29 is 19.1 Å². The molecular formula is C15H13N3O4S. The number of anilines is 2. The molecule has 0 saturated heterocycles. The molecule has 1 atom stereocenters. The van der Waals surface area contributed by atoms with Crippen LogP contribution in [0.1, 0.15) is 27.6 Å². The van der Waals surface area contributed by atoms with Crippen molar-refractivity contribution in [3.63, 3.8) is 0 Å². The molecule has 2 amide bonds. The van der Waals surface area contributed by atoms with Crippen molar-refractivity contribution in [1.82, 2.24) is 4.98 Å². The lowest BCUT2D eigenvalue weighted by Crippen LogP contribution is -2.30. The smallest absolute Gasteiger partial charge is 0.349 e. The number of nitrogens with zero attached hydrogens (tertiary/aromatic N) is 1. The number of aromatic nitrogens is 1. The largest absolute Gasteiger partial charge is 0.465 e. The van der Waals surface area contributed by atoms with Crippen LogP contribution in [0.4, 0.5) is 10.8 Å². The second-order valence-corrected chi connectivity index (χ2v) is 5.93. The maximum Gasteiger partial charge on any atom is 0.349 e. The van der Waals surface area contributed by atoms with E-state index >= 15 is 0 Å². The standard InChI is InChI=1S/C15H13N3O4S/c1-22-14(21)11-7-16-15(23-11)18-13(20)9-6-12(19)17-10-5-3-2-4-8(9)10/h2-5,7,9H,6H2,1H3,(H,17,19)(H,16,18,20). The summed E-state index contributed by atoms with van der Waals surface area (Å²) >= 11 is 1.02. The first-order chi connectivity index (χ1) is 11.1. The summed E-state index contributed by atoms with van der Waals surface area (Å²) in [5.74, 6) is -1.65. The van der Waals surface area contributed by atoms with Crippen LogP contribution in [-0.2, 0) is 14.3 Å². The number of thiazole rings is 1. The number of para-hydroxylation sites is 1. The number of nitrogens with one attached hydrogen (secondary N) is 2. The van der Waals surface area contributed by atoms with Gasteiger partial charge in [0.25, 0.3) is 0 Å². The highest BCUT2D eigenvalue weighted by Crippen LogP contribution is 2.33. The molecule has 2 N–H and O–H groups in total. The first kappa shape index (κ1) is 15.2. The summed E-state index contributed by atoms with van der Waals surface area (Å²) in [7, 11) is 1.28. The lowest BCUT2D eigenvalue weighted by molar-refractivity contribution is -0.123. The van der Waals surface area contributed by atoms with Crippen molar-refractivity contribution in [3.8, 4) is 0 Å². The van der Waals surface area contributed by atoms with Gasteiger partial charge in [0.05, 0.1) is 19.2 Å². The highest BCUT2D eigenvalue weighted by atomic mass is 32.1. The molecule has 1 aromatic heterocycles. The molecule has 1 aliphatic rings. The molecule has 1 aromatic carbocycles. The van der Waals surface area contributed by atoms with E-state index in [1.54, 1.807) is 18.2 Å². The van der Waals surface area contributed by atoms with Gasteiger partial charge in [0.1, 0.15) is 4.88 Å². The average Bonchev–Trinajstić information content (AvgIpc) is 3.01. The van der Waals surface area contributed by atoms with E-state index in [1.165, 1.54) is 13.3 Å². The third kappa shape index (κ3) is 3.07. The molecule has 23 heavy (non-hydrogen) atoms. The van der Waals surface area contributed by atoms with Crippen LogP contribution in [0.2, 0.25) is 0 Å². The monoisotopic (exact) mass is 331 g/mol. The van der Waals surface area contributed by atoms with E-state index in [9.17, 15) is 14.4 Å². The molecule has 0 spiro atoms. The van der Waals surface area contributed by atoms with E-state index in [2.05, 4.69) is 20.4 Å². The summed E-state index contributed by atoms with van der Waals surface area (Å²) < 4.78 is 4.60. The molecule has 8 heteroatoms. The van der Waals surface area contributed by atoms with Crippen LogP contribution in [0.25, 0.3) is 0 Å². The Balaban J connectivity index is 1.80. The van der Waals surface area contributed by atoms with E-state index in [1.807, 2.05) is 6.07 Å². The summed E-state index contributed by atoms with van der Waals surface area (Å²) in [4.78, 5) is 39.9. The van der Waals surface area contributed by atoms with Crippen LogP contribution < -0.4 is 10.6 Å². The summed E-state index contributed by atoms with van der Waals surface area (Å²) in [5.41, 5.74) is 1.40. The van der Waals surface area contributed by atoms with E-state index in [-0.39, 0.29) is 18.2 Å². The Morgan fingerprint density at radius 2 is 2.17 bits per heavy atom. The molecule has 1 aliphatic heterocycles. The number of esters is 1. The number of amides is 2. The summed E-state index contributed by atoms with van der Waals surface area (Å²) in [6.45, 7) is 0. The predicted octanol–water partition coefficient (Wildman–Crippen LogP) is 1.99. The van der Waals surface area contributed by atoms with Gasteiger partial charge in [0.15, 0.2) is 5.13 Å². The number of methoxy groups -OCH3 is 1. The van der Waals surface area contributed by atoms with Crippen LogP contribution in [-0.4, -0.2) is 29.9 Å². The molecule has 0 radical (unpaired) electrons. The number of benzene rings is 1. The van der Waals surface area contributed by atoms with Crippen molar-refractivity contribution in [2.45, 2.75) is 12.3 Å². The Hall–Kier alpha value is -2.74. The van der Waals surface area contributed by atoms with Crippen LogP contribution >= 0.6 is 11.3 Å². The van der Waals surface area contributed by atoms with Gasteiger partial charge in [-0.1, -0.05) is 29.5 Å². The average molecular weight is 331 g/mol. The fourth-order valence-corrected chi connectivity index (χ4v) is 3.10. The third-order valence-electron chi connectivity index (χ3n) is 3.44. The topological polar surface area (TPSA) is 97.4 Å². The molecule has 0 fully saturated rings. The van der Waals surface area contributed by atoms with Gasteiger partial charge < -0.3 is 15.4 Å². The Morgan fingerprint density at radius 1 is 1.39 bits per heavy atom. The minimum atomic E-state index is -0.592. The van der Waals surface area contributed by atoms with Gasteiger partial charge in [-0.3, -0.25) is 9.59 Å². The Bertz CT molecular complexity index is 787. The number of fused-ring (bicyclic) bond motifs is 1. The number of rotatable bonds is 3. The lowest BCUT2D eigenvalue weighted by atomic mass is 9.90. The number of ether oxygens (including phenoxy) is 1. The zero-order valence-electron chi connectivity index (χ0n) is 12.2. The highest BCUT2D eigenvalue weighted by Gasteiger charge is 2.31. The van der Waals surface area contributed by atoms with E-state index in [0.717, 1.165) is 16.9 Å². The van der Waals surface area contributed by atoms with Crippen molar-refractivity contribution in [1.29, 1.82) is 0 Å². The summed E-state index contributed by atoms with van der Waals surface area (Å²) in [6, 6.07) is 7.17. The van der Waals surface area contributed by atoms with Crippen LogP contribution in [0.3, 0.4) is 0 Å². The molecule has 118 valence electrons. The van der Waals surface area contributed by atoms with Crippen molar-refractivity contribution >= 4 is 39.9 Å².